The van der Waals surface area contributed by atoms with Crippen LogP contribution in [0.5, 0.6) is 5.75 Å². The second-order valence-corrected chi connectivity index (χ2v) is 4.69. The van der Waals surface area contributed by atoms with Crippen LogP contribution < -0.4 is 0 Å². The number of hydrogen-bond acceptors (Lipinski definition) is 3. The van der Waals surface area contributed by atoms with Gasteiger partial charge in [0.1, 0.15) is 5.75 Å². The molecule has 0 fully saturated rings. The number of aromatic hydroxyl groups is 1. The summed E-state index contributed by atoms with van der Waals surface area (Å²) in [4.78, 5) is 1.15. The molecule has 0 unspecified atom stereocenters. The minimum Gasteiger partial charge on any atom is -0.507 e. The van der Waals surface area contributed by atoms with Gasteiger partial charge in [0.05, 0.1) is 0 Å². The first-order valence-electron chi connectivity index (χ1n) is 5.27. The predicted octanol–water partition coefficient (Wildman–Crippen LogP) is 3.02. The Morgan fingerprint density at radius 2 is 1.75 bits per heavy atom. The van der Waals surface area contributed by atoms with Gasteiger partial charge in [-0.05, 0) is 23.9 Å². The van der Waals surface area contributed by atoms with E-state index >= 15 is 0 Å². The summed E-state index contributed by atoms with van der Waals surface area (Å²) in [6.45, 7) is 0.225. The quantitative estimate of drug-likeness (QED) is 0.631. The molecule has 0 aliphatic rings. The molecule has 2 aromatic rings. The third-order valence-corrected chi connectivity index (χ3v) is 3.58. The van der Waals surface area contributed by atoms with Crippen molar-refractivity contribution in [3.05, 3.63) is 36.4 Å². The average molecular weight is 234 g/mol. The average Bonchev–Trinajstić information content (AvgIpc) is 2.33. The van der Waals surface area contributed by atoms with Crippen LogP contribution in [0.15, 0.2) is 41.3 Å². The molecule has 0 aliphatic heterocycles. The highest BCUT2D eigenvalue weighted by Gasteiger charge is 2.04. The van der Waals surface area contributed by atoms with Gasteiger partial charge in [-0.3, -0.25) is 0 Å². The number of aliphatic hydroxyl groups is 1. The lowest BCUT2D eigenvalue weighted by molar-refractivity contribution is 0.296. The van der Waals surface area contributed by atoms with Crippen molar-refractivity contribution in [3.63, 3.8) is 0 Å². The fraction of sp³-hybridized carbons (Fsp3) is 0.231. The van der Waals surface area contributed by atoms with Crippen molar-refractivity contribution in [2.45, 2.75) is 11.3 Å². The highest BCUT2D eigenvalue weighted by molar-refractivity contribution is 7.99. The molecule has 2 aromatic carbocycles. The highest BCUT2D eigenvalue weighted by Crippen LogP contribution is 2.33. The van der Waals surface area contributed by atoms with E-state index in [-0.39, 0.29) is 6.61 Å². The van der Waals surface area contributed by atoms with Crippen molar-refractivity contribution in [3.8, 4) is 5.75 Å². The van der Waals surface area contributed by atoms with Crippen LogP contribution in [0.1, 0.15) is 6.42 Å². The van der Waals surface area contributed by atoms with Gasteiger partial charge in [-0.25, -0.2) is 0 Å². The van der Waals surface area contributed by atoms with Gasteiger partial charge < -0.3 is 10.2 Å². The maximum Gasteiger partial charge on any atom is 0.123 e. The Balaban J connectivity index is 2.35. The molecule has 0 saturated heterocycles. The second kappa shape index (κ2) is 5.23. The Labute approximate surface area is 98.9 Å². The standard InChI is InChI=1S/C13H14O2S/c14-8-3-9-16-13-7-6-12(15)10-4-1-2-5-11(10)13/h1-2,4-7,14-15H,3,8-9H2. The minimum absolute atomic E-state index is 0.225. The highest BCUT2D eigenvalue weighted by atomic mass is 32.2. The van der Waals surface area contributed by atoms with Crippen molar-refractivity contribution in [1.82, 2.24) is 0 Å². The Bertz CT molecular complexity index is 482. The van der Waals surface area contributed by atoms with Gasteiger partial charge in [0, 0.05) is 22.6 Å². The first-order chi connectivity index (χ1) is 7.83. The number of hydrogen-bond donors (Lipinski definition) is 2. The van der Waals surface area contributed by atoms with Crippen LogP contribution in [0.4, 0.5) is 0 Å². The second-order valence-electron chi connectivity index (χ2n) is 3.55. The predicted molar refractivity (Wildman–Crippen MR) is 68.0 cm³/mol. The summed E-state index contributed by atoms with van der Waals surface area (Å²) in [6.07, 6.45) is 0.792. The molecule has 3 heteroatoms. The molecule has 0 heterocycles. The van der Waals surface area contributed by atoms with Crippen LogP contribution in [0.25, 0.3) is 10.8 Å². The van der Waals surface area contributed by atoms with E-state index in [4.69, 9.17) is 5.11 Å². The molecular weight excluding hydrogens is 220 g/mol. The van der Waals surface area contributed by atoms with Crippen molar-refractivity contribution < 1.29 is 10.2 Å². The molecule has 84 valence electrons. The zero-order valence-electron chi connectivity index (χ0n) is 8.89. The summed E-state index contributed by atoms with van der Waals surface area (Å²) in [5.41, 5.74) is 0. The Morgan fingerprint density at radius 1 is 1.00 bits per heavy atom. The Morgan fingerprint density at radius 3 is 2.50 bits per heavy atom. The number of thioether (sulfide) groups is 1. The first kappa shape index (κ1) is 11.3. The number of fused-ring (bicyclic) bond motifs is 1. The molecule has 0 radical (unpaired) electrons. The summed E-state index contributed by atoms with van der Waals surface area (Å²) in [6, 6.07) is 11.5. The monoisotopic (exact) mass is 234 g/mol. The lowest BCUT2D eigenvalue weighted by Gasteiger charge is -2.07. The van der Waals surface area contributed by atoms with E-state index < -0.39 is 0 Å². The van der Waals surface area contributed by atoms with E-state index in [9.17, 15) is 5.11 Å². The fourth-order valence-electron chi connectivity index (χ4n) is 1.63. The summed E-state index contributed by atoms with van der Waals surface area (Å²) in [5, 5.41) is 20.4. The van der Waals surface area contributed by atoms with E-state index in [1.807, 2.05) is 30.3 Å². The van der Waals surface area contributed by atoms with Gasteiger partial charge in [-0.2, -0.15) is 0 Å². The Hall–Kier alpha value is -1.19. The van der Waals surface area contributed by atoms with Crippen LogP contribution in [0.2, 0.25) is 0 Å². The fourth-order valence-corrected chi connectivity index (χ4v) is 2.62. The van der Waals surface area contributed by atoms with Crippen LogP contribution >= 0.6 is 11.8 Å². The van der Waals surface area contributed by atoms with E-state index in [0.29, 0.717) is 5.75 Å². The summed E-state index contributed by atoms with van der Waals surface area (Å²) >= 11 is 1.71. The zero-order chi connectivity index (χ0) is 11.4. The molecular formula is C13H14O2S. The summed E-state index contributed by atoms with van der Waals surface area (Å²) in [7, 11) is 0. The molecule has 16 heavy (non-hydrogen) atoms. The van der Waals surface area contributed by atoms with Crippen LogP contribution in [-0.4, -0.2) is 22.6 Å². The topological polar surface area (TPSA) is 40.5 Å². The lowest BCUT2D eigenvalue weighted by Crippen LogP contribution is -1.86. The smallest absolute Gasteiger partial charge is 0.123 e. The minimum atomic E-state index is 0.225. The van der Waals surface area contributed by atoms with Crippen LogP contribution in [0.3, 0.4) is 0 Å². The van der Waals surface area contributed by atoms with Crippen molar-refractivity contribution in [2.24, 2.45) is 0 Å². The zero-order valence-corrected chi connectivity index (χ0v) is 9.70. The third-order valence-electron chi connectivity index (χ3n) is 2.42. The molecule has 2 N–H and O–H groups in total. The van der Waals surface area contributed by atoms with E-state index in [2.05, 4.69) is 0 Å². The molecule has 0 saturated carbocycles. The molecule has 0 amide bonds. The van der Waals surface area contributed by atoms with Gasteiger partial charge >= 0.3 is 0 Å². The summed E-state index contributed by atoms with van der Waals surface area (Å²) in [5.74, 6) is 1.22. The van der Waals surface area contributed by atoms with Crippen LogP contribution in [0, 0.1) is 0 Å². The number of aliphatic hydroxyl groups excluding tert-OH is 1. The van der Waals surface area contributed by atoms with Gasteiger partial charge in [0.2, 0.25) is 0 Å². The number of benzene rings is 2. The third kappa shape index (κ3) is 2.31. The maximum atomic E-state index is 9.72. The Kier molecular flexibility index (Phi) is 3.70. The van der Waals surface area contributed by atoms with Crippen molar-refractivity contribution in [1.29, 1.82) is 0 Å². The SMILES string of the molecule is OCCCSc1ccc(O)c2ccccc12. The number of rotatable bonds is 4. The normalized spacial score (nSPS) is 10.8. The van der Waals surface area contributed by atoms with Crippen LogP contribution in [-0.2, 0) is 0 Å². The summed E-state index contributed by atoms with van der Waals surface area (Å²) < 4.78 is 0. The van der Waals surface area contributed by atoms with Gasteiger partial charge in [0.15, 0.2) is 0 Å². The molecule has 2 nitrogen and oxygen atoms in total. The van der Waals surface area contributed by atoms with E-state index in [0.717, 1.165) is 27.8 Å². The molecule has 0 bridgehead atoms. The largest absolute Gasteiger partial charge is 0.507 e. The van der Waals surface area contributed by atoms with Crippen molar-refractivity contribution in [2.75, 3.05) is 12.4 Å². The molecule has 2 rings (SSSR count). The molecule has 0 aliphatic carbocycles. The number of phenolic OH excluding ortho intramolecular Hbond substituents is 1. The number of phenols is 1. The van der Waals surface area contributed by atoms with E-state index in [1.165, 1.54) is 0 Å². The van der Waals surface area contributed by atoms with Gasteiger partial charge in [-0.15, -0.1) is 11.8 Å². The first-order valence-corrected chi connectivity index (χ1v) is 6.26. The molecule has 0 atom stereocenters. The van der Waals surface area contributed by atoms with E-state index in [1.54, 1.807) is 17.8 Å². The van der Waals surface area contributed by atoms with Crippen molar-refractivity contribution >= 4 is 22.5 Å². The van der Waals surface area contributed by atoms with Gasteiger partial charge in [0.25, 0.3) is 0 Å². The molecule has 0 spiro atoms. The van der Waals surface area contributed by atoms with Gasteiger partial charge in [-0.1, -0.05) is 24.3 Å². The lowest BCUT2D eigenvalue weighted by atomic mass is 10.1. The molecule has 0 aromatic heterocycles. The maximum absolute atomic E-state index is 9.72.